The number of nitrogens with one attached hydrogen (secondary N) is 1. The van der Waals surface area contributed by atoms with Crippen LogP contribution in [0.5, 0.6) is 0 Å². The number of nitrogens with zero attached hydrogens (tertiary/aromatic N) is 3. The Morgan fingerprint density at radius 2 is 1.53 bits per heavy atom. The molecule has 0 radical (unpaired) electrons. The molecule has 0 aromatic rings. The van der Waals surface area contributed by atoms with Gasteiger partial charge in [0.25, 0.3) is 0 Å². The molecule has 9 heteroatoms. The van der Waals surface area contributed by atoms with Gasteiger partial charge in [-0.2, -0.15) is 0 Å². The highest BCUT2D eigenvalue weighted by Gasteiger charge is 2.49. The second kappa shape index (κ2) is 21.3. The molecule has 6 aliphatic rings. The number of hydrogen-bond donors (Lipinski definition) is 2. The van der Waals surface area contributed by atoms with Gasteiger partial charge in [0.15, 0.2) is 0 Å². The lowest BCUT2D eigenvalue weighted by molar-refractivity contribution is -0.144. The van der Waals surface area contributed by atoms with Crippen molar-refractivity contribution in [1.29, 1.82) is 0 Å². The lowest BCUT2D eigenvalue weighted by Crippen LogP contribution is -2.25. The van der Waals surface area contributed by atoms with E-state index in [9.17, 15) is 14.7 Å². The first-order valence-corrected chi connectivity index (χ1v) is 24.1. The van der Waals surface area contributed by atoms with Crippen LogP contribution in [0.2, 0.25) is 0 Å². The topological polar surface area (TPSA) is 122 Å². The smallest absolute Gasteiger partial charge is 0.321 e. The number of carbonyl (C=O) groups excluding carboxylic acids is 2. The highest BCUT2D eigenvalue weighted by Crippen LogP contribution is 2.49. The third-order valence-electron chi connectivity index (χ3n) is 14.3. The Bertz CT molecular complexity index is 2300. The van der Waals surface area contributed by atoms with Crippen molar-refractivity contribution in [2.75, 3.05) is 13.7 Å². The molecule has 1 saturated heterocycles. The van der Waals surface area contributed by atoms with E-state index in [0.717, 1.165) is 99.1 Å². The number of carbonyl (C=O) groups is 2. The number of rotatable bonds is 20. The van der Waals surface area contributed by atoms with Crippen LogP contribution in [-0.2, 0) is 19.1 Å². The van der Waals surface area contributed by atoms with Gasteiger partial charge < -0.3 is 19.9 Å². The van der Waals surface area contributed by atoms with Crippen molar-refractivity contribution < 1.29 is 24.2 Å². The first kappa shape index (κ1) is 48.4. The van der Waals surface area contributed by atoms with Gasteiger partial charge in [-0.25, -0.2) is 15.0 Å². The Morgan fingerprint density at radius 3 is 2.19 bits per heavy atom. The first-order valence-electron chi connectivity index (χ1n) is 24.1. The van der Waals surface area contributed by atoms with E-state index in [1.165, 1.54) is 57.6 Å². The van der Waals surface area contributed by atoms with E-state index in [-0.39, 0.29) is 36.6 Å². The summed E-state index contributed by atoms with van der Waals surface area (Å²) in [5.41, 5.74) is 13.3. The van der Waals surface area contributed by atoms with Gasteiger partial charge in [-0.1, -0.05) is 105 Å². The van der Waals surface area contributed by atoms with E-state index in [1.807, 2.05) is 38.2 Å². The van der Waals surface area contributed by atoms with Crippen molar-refractivity contribution in [1.82, 2.24) is 5.32 Å². The molecule has 0 amide bonds. The van der Waals surface area contributed by atoms with Gasteiger partial charge in [0, 0.05) is 46.4 Å². The van der Waals surface area contributed by atoms with Crippen LogP contribution in [0, 0.1) is 35.5 Å². The van der Waals surface area contributed by atoms with Crippen LogP contribution in [0.4, 0.5) is 0 Å². The van der Waals surface area contributed by atoms with Crippen LogP contribution in [0.15, 0.2) is 131 Å². The summed E-state index contributed by atoms with van der Waals surface area (Å²) in [6.45, 7) is 26.2. The summed E-state index contributed by atoms with van der Waals surface area (Å²) in [7, 11) is 1.33. The average Bonchev–Trinajstić information content (AvgIpc) is 3.99. The SMILES string of the molecule is C=CC1=C(C)C2=NC1=CC1=NC(=CC3=C(C)C4=C(O)[C@H](C(=O)OC)C(=C5NC(=C2)[C@@H](C)[C@@H]5CCC(=O)OC/C=C(\C)CCC[C@@H](C)CCC[C@@H](C)CCCC(C)C)C4=N3)C(CC)=C1C. The number of aliphatic hydroxyl groups is 1. The van der Waals surface area contributed by atoms with Crippen molar-refractivity contribution in [3.05, 3.63) is 116 Å². The van der Waals surface area contributed by atoms with Crippen LogP contribution >= 0.6 is 0 Å². The van der Waals surface area contributed by atoms with Crippen molar-refractivity contribution in [3.8, 4) is 0 Å². The second-order valence-electron chi connectivity index (χ2n) is 19.5. The zero-order valence-corrected chi connectivity index (χ0v) is 40.7. The minimum absolute atomic E-state index is 0.0838. The quantitative estimate of drug-likeness (QED) is 0.0928. The predicted molar refractivity (Wildman–Crippen MR) is 262 cm³/mol. The zero-order valence-electron chi connectivity index (χ0n) is 40.7. The highest BCUT2D eigenvalue weighted by atomic mass is 16.5. The summed E-state index contributed by atoms with van der Waals surface area (Å²) >= 11 is 0. The number of esters is 2. The minimum atomic E-state index is -1.08. The maximum atomic E-state index is 13.6. The first-order chi connectivity index (χ1) is 30.6. The van der Waals surface area contributed by atoms with Gasteiger partial charge >= 0.3 is 11.9 Å². The predicted octanol–water partition coefficient (Wildman–Crippen LogP) is 13.0. The Hall–Kier alpha value is -5.05. The Morgan fingerprint density at radius 1 is 0.875 bits per heavy atom. The molecule has 0 spiro atoms. The molecular weight excluding hydrogens is 797 g/mol. The van der Waals surface area contributed by atoms with Crippen molar-refractivity contribution in [3.63, 3.8) is 0 Å². The Kier molecular flexibility index (Phi) is 16.1. The number of methoxy groups -OCH3 is 1. The van der Waals surface area contributed by atoms with Crippen LogP contribution in [-0.4, -0.2) is 47.9 Å². The van der Waals surface area contributed by atoms with Gasteiger partial charge in [-0.3, -0.25) is 9.59 Å². The molecule has 2 N–H and O–H groups in total. The number of hydrogen-bond acceptors (Lipinski definition) is 9. The summed E-state index contributed by atoms with van der Waals surface area (Å²) in [5, 5.41) is 15.6. The molecule has 64 heavy (non-hydrogen) atoms. The second-order valence-corrected chi connectivity index (χ2v) is 19.5. The number of allylic oxidation sites excluding steroid dienone is 12. The molecule has 1 aliphatic carbocycles. The monoisotopic (exact) mass is 871 g/mol. The van der Waals surface area contributed by atoms with E-state index in [4.69, 9.17) is 24.5 Å². The zero-order chi connectivity index (χ0) is 46.4. The molecule has 0 unspecified atom stereocenters. The number of aliphatic hydroxyl groups excluding tert-OH is 1. The fraction of sp³-hybridized carbons (Fsp3) is 0.545. The molecule has 1 fully saturated rings. The van der Waals surface area contributed by atoms with Crippen LogP contribution < -0.4 is 5.32 Å². The summed E-state index contributed by atoms with van der Waals surface area (Å²) in [6.07, 6.45) is 22.7. The fourth-order valence-electron chi connectivity index (χ4n) is 10.2. The summed E-state index contributed by atoms with van der Waals surface area (Å²) in [4.78, 5) is 42.4. The van der Waals surface area contributed by atoms with Gasteiger partial charge in [0.2, 0.25) is 0 Å². The number of aliphatic imine (C=N–C) groups is 3. The van der Waals surface area contributed by atoms with Crippen molar-refractivity contribution >= 4 is 29.1 Å². The highest BCUT2D eigenvalue weighted by molar-refractivity contribution is 6.24. The van der Waals surface area contributed by atoms with Gasteiger partial charge in [-0.15, -0.1) is 0 Å². The fourth-order valence-corrected chi connectivity index (χ4v) is 10.2. The largest absolute Gasteiger partial charge is 0.510 e. The minimum Gasteiger partial charge on any atom is -0.510 e. The number of fused-ring (bicyclic) bond motifs is 5. The molecule has 0 aromatic heterocycles. The molecule has 6 rings (SSSR count). The Balaban J connectivity index is 1.20. The van der Waals surface area contributed by atoms with Crippen LogP contribution in [0.25, 0.3) is 0 Å². The summed E-state index contributed by atoms with van der Waals surface area (Å²) < 4.78 is 11.1. The maximum absolute atomic E-state index is 13.6. The van der Waals surface area contributed by atoms with E-state index in [1.54, 1.807) is 0 Å². The normalized spacial score (nSPS) is 22.8. The summed E-state index contributed by atoms with van der Waals surface area (Å²) in [5.74, 6) is -0.0182. The average molecular weight is 871 g/mol. The van der Waals surface area contributed by atoms with Crippen molar-refractivity contribution in [2.24, 2.45) is 50.5 Å². The van der Waals surface area contributed by atoms with E-state index in [2.05, 4.69) is 73.4 Å². The van der Waals surface area contributed by atoms with E-state index < -0.39 is 11.9 Å². The van der Waals surface area contributed by atoms with E-state index >= 15 is 0 Å². The summed E-state index contributed by atoms with van der Waals surface area (Å²) in [6, 6.07) is 0. The molecule has 344 valence electrons. The molecule has 5 atom stereocenters. The third kappa shape index (κ3) is 10.6. The van der Waals surface area contributed by atoms with E-state index in [0.29, 0.717) is 29.0 Å². The van der Waals surface area contributed by atoms with Gasteiger partial charge in [0.05, 0.1) is 41.3 Å². The molecule has 0 aromatic carbocycles. The third-order valence-corrected chi connectivity index (χ3v) is 14.3. The molecule has 5 heterocycles. The number of ether oxygens (including phenoxy) is 2. The molecule has 5 aliphatic heterocycles. The Labute approximate surface area is 383 Å². The standard InChI is InChI=1S/C55H74N4O5/c1-13-39-35(8)42-28-44-37(10)41(24-25-48(60)64-27-26-34(7)23-17-22-33(6)21-16-20-32(5)19-15-18-31(3)4)52(58-44)50-51(55(62)63-12)54(61)49-38(11)45(59-53(49)50)30-47-40(14-2)36(9)43(57-47)29-46(39)56-42/h13,26,28-33,37,41,51,58,61H,1,14-25,27H2,2-12H3/b34-26+,44-28?,46-29?,47-30?,52-50?/t32-,33-,37-,41-,51+/m0/s1. The molecular formula is C55H74N4O5. The van der Waals surface area contributed by atoms with Crippen LogP contribution in [0.3, 0.4) is 0 Å². The van der Waals surface area contributed by atoms with Gasteiger partial charge in [-0.05, 0) is 118 Å². The lowest BCUT2D eigenvalue weighted by Gasteiger charge is -2.20. The van der Waals surface area contributed by atoms with Crippen LogP contribution in [0.1, 0.15) is 146 Å². The lowest BCUT2D eigenvalue weighted by atomic mass is 9.84. The van der Waals surface area contributed by atoms with Crippen molar-refractivity contribution in [2.45, 2.75) is 146 Å². The molecule has 0 saturated carbocycles. The molecule has 8 bridgehead atoms. The maximum Gasteiger partial charge on any atom is 0.321 e. The molecule has 9 nitrogen and oxygen atoms in total. The van der Waals surface area contributed by atoms with Gasteiger partial charge in [0.1, 0.15) is 18.3 Å².